The number of hydrogen-bond acceptors (Lipinski definition) is 1. The summed E-state index contributed by atoms with van der Waals surface area (Å²) in [7, 11) is 0. The van der Waals surface area contributed by atoms with Gasteiger partial charge in [-0.05, 0) is 43.0 Å². The van der Waals surface area contributed by atoms with Crippen molar-refractivity contribution in [1.29, 1.82) is 0 Å². The summed E-state index contributed by atoms with van der Waals surface area (Å²) in [4.78, 5) is 13.3. The predicted octanol–water partition coefficient (Wildman–Crippen LogP) is 4.08. The van der Waals surface area contributed by atoms with Crippen LogP contribution in [0.4, 0.5) is 18.9 Å². The molecule has 110 valence electrons. The summed E-state index contributed by atoms with van der Waals surface area (Å²) >= 11 is 5.57. The van der Waals surface area contributed by atoms with Gasteiger partial charge in [-0.3, -0.25) is 4.79 Å². The van der Waals surface area contributed by atoms with Gasteiger partial charge in [-0.2, -0.15) is 13.2 Å². The third-order valence-corrected chi connectivity index (χ3v) is 3.82. The molecule has 2 rings (SSSR count). The molecule has 1 fully saturated rings. The van der Waals surface area contributed by atoms with Crippen molar-refractivity contribution in [3.63, 3.8) is 0 Å². The Kier molecular flexibility index (Phi) is 4.58. The van der Waals surface area contributed by atoms with Crippen molar-refractivity contribution in [3.05, 3.63) is 29.8 Å². The van der Waals surface area contributed by atoms with Crippen LogP contribution in [0, 0.1) is 5.92 Å². The van der Waals surface area contributed by atoms with E-state index in [1.807, 2.05) is 0 Å². The molecule has 0 heterocycles. The first-order valence-electron chi connectivity index (χ1n) is 6.45. The second-order valence-electron chi connectivity index (χ2n) is 4.98. The topological polar surface area (TPSA) is 20.3 Å². The third kappa shape index (κ3) is 3.45. The van der Waals surface area contributed by atoms with Gasteiger partial charge in [-0.1, -0.05) is 6.42 Å². The molecule has 2 nitrogen and oxygen atoms in total. The van der Waals surface area contributed by atoms with E-state index in [9.17, 15) is 18.0 Å². The molecule has 1 saturated carbocycles. The van der Waals surface area contributed by atoms with Crippen LogP contribution in [-0.4, -0.2) is 18.3 Å². The summed E-state index contributed by atoms with van der Waals surface area (Å²) in [6, 6.07) is 4.63. The Morgan fingerprint density at radius 1 is 1.25 bits per heavy atom. The number of halogens is 4. The lowest BCUT2D eigenvalue weighted by Crippen LogP contribution is -2.38. The lowest BCUT2D eigenvalue weighted by molar-refractivity contribution is -0.137. The van der Waals surface area contributed by atoms with Gasteiger partial charge in [-0.25, -0.2) is 0 Å². The molecule has 0 aliphatic heterocycles. The van der Waals surface area contributed by atoms with Crippen LogP contribution in [0.15, 0.2) is 24.3 Å². The monoisotopic (exact) mass is 305 g/mol. The summed E-state index contributed by atoms with van der Waals surface area (Å²) in [6.45, 7) is 0.525. The number of carbonyl (C=O) groups excluding carboxylic acids is 1. The van der Waals surface area contributed by atoms with E-state index in [0.717, 1.165) is 31.4 Å². The second-order valence-corrected chi connectivity index (χ2v) is 5.25. The molecule has 20 heavy (non-hydrogen) atoms. The van der Waals surface area contributed by atoms with Gasteiger partial charge in [0, 0.05) is 12.2 Å². The van der Waals surface area contributed by atoms with Crippen molar-refractivity contribution in [1.82, 2.24) is 0 Å². The van der Waals surface area contributed by atoms with Gasteiger partial charge in [0.25, 0.3) is 0 Å². The fourth-order valence-corrected chi connectivity index (χ4v) is 2.33. The van der Waals surface area contributed by atoms with Crippen LogP contribution in [0.5, 0.6) is 0 Å². The van der Waals surface area contributed by atoms with Crippen LogP contribution < -0.4 is 4.90 Å². The normalized spacial score (nSPS) is 15.8. The van der Waals surface area contributed by atoms with Crippen molar-refractivity contribution in [2.45, 2.75) is 25.4 Å². The molecule has 1 amide bonds. The standard InChI is InChI=1S/C14H15ClF3NO/c15-8-13(20)19(9-10-2-1-3-10)12-6-4-11(5-7-12)14(16,17)18/h4-7,10H,1-3,8-9H2. The van der Waals surface area contributed by atoms with Crippen LogP contribution in [-0.2, 0) is 11.0 Å². The fourth-order valence-electron chi connectivity index (χ4n) is 2.19. The fraction of sp³-hybridized carbons (Fsp3) is 0.500. The second kappa shape index (κ2) is 6.04. The Bertz CT molecular complexity index is 468. The highest BCUT2D eigenvalue weighted by Gasteiger charge is 2.31. The Balaban J connectivity index is 2.17. The molecule has 1 aliphatic rings. The molecule has 6 heteroatoms. The summed E-state index contributed by atoms with van der Waals surface area (Å²) in [5.74, 6) is -0.0314. The SMILES string of the molecule is O=C(CCl)N(CC1CCC1)c1ccc(C(F)(F)F)cc1. The molecule has 0 spiro atoms. The molecular formula is C14H15ClF3NO. The smallest absolute Gasteiger partial charge is 0.311 e. The van der Waals surface area contributed by atoms with Gasteiger partial charge < -0.3 is 4.90 Å². The summed E-state index contributed by atoms with van der Waals surface area (Å²) in [5, 5.41) is 0. The van der Waals surface area contributed by atoms with E-state index >= 15 is 0 Å². The van der Waals surface area contributed by atoms with E-state index in [-0.39, 0.29) is 11.8 Å². The zero-order valence-corrected chi connectivity index (χ0v) is 11.5. The maximum atomic E-state index is 12.5. The lowest BCUT2D eigenvalue weighted by Gasteiger charge is -2.32. The molecule has 0 N–H and O–H groups in total. The van der Waals surface area contributed by atoms with Crippen molar-refractivity contribution in [2.75, 3.05) is 17.3 Å². The van der Waals surface area contributed by atoms with Crippen molar-refractivity contribution in [2.24, 2.45) is 5.92 Å². The molecule has 1 aromatic carbocycles. The number of alkyl halides is 4. The summed E-state index contributed by atoms with van der Waals surface area (Å²) in [5.41, 5.74) is -0.251. The van der Waals surface area contributed by atoms with Crippen molar-refractivity contribution in [3.8, 4) is 0 Å². The molecule has 0 saturated heterocycles. The Hall–Kier alpha value is -1.23. The van der Waals surface area contributed by atoms with E-state index in [1.165, 1.54) is 17.0 Å². The minimum Gasteiger partial charge on any atom is -0.311 e. The Labute approximate surface area is 120 Å². The van der Waals surface area contributed by atoms with Crippen LogP contribution in [0.2, 0.25) is 0 Å². The van der Waals surface area contributed by atoms with Gasteiger partial charge in [0.1, 0.15) is 5.88 Å². The van der Waals surface area contributed by atoms with Crippen LogP contribution in [0.3, 0.4) is 0 Å². The van der Waals surface area contributed by atoms with Crippen molar-refractivity contribution < 1.29 is 18.0 Å². The zero-order valence-electron chi connectivity index (χ0n) is 10.8. The Morgan fingerprint density at radius 3 is 2.25 bits per heavy atom. The number of amides is 1. The minimum absolute atomic E-state index is 0.173. The first-order valence-corrected chi connectivity index (χ1v) is 6.99. The van der Waals surface area contributed by atoms with Crippen molar-refractivity contribution >= 4 is 23.2 Å². The predicted molar refractivity (Wildman–Crippen MR) is 71.9 cm³/mol. The van der Waals surface area contributed by atoms with Crippen LogP contribution >= 0.6 is 11.6 Å². The number of benzene rings is 1. The number of carbonyl (C=O) groups is 1. The number of rotatable bonds is 4. The van der Waals surface area contributed by atoms with E-state index in [0.29, 0.717) is 18.2 Å². The minimum atomic E-state index is -4.37. The molecule has 0 radical (unpaired) electrons. The average Bonchev–Trinajstić information content (AvgIpc) is 2.36. The largest absolute Gasteiger partial charge is 0.416 e. The summed E-state index contributed by atoms with van der Waals surface area (Å²) in [6.07, 6.45) is -1.13. The highest BCUT2D eigenvalue weighted by Crippen LogP contribution is 2.32. The molecule has 1 aliphatic carbocycles. The molecule has 1 aromatic rings. The van der Waals surface area contributed by atoms with Gasteiger partial charge in [-0.15, -0.1) is 11.6 Å². The number of nitrogens with zero attached hydrogens (tertiary/aromatic N) is 1. The first-order chi connectivity index (χ1) is 9.41. The summed E-state index contributed by atoms with van der Waals surface area (Å²) < 4.78 is 37.6. The van der Waals surface area contributed by atoms with E-state index in [2.05, 4.69) is 0 Å². The lowest BCUT2D eigenvalue weighted by atomic mass is 9.85. The highest BCUT2D eigenvalue weighted by atomic mass is 35.5. The number of hydrogen-bond donors (Lipinski definition) is 0. The van der Waals surface area contributed by atoms with E-state index < -0.39 is 11.7 Å². The van der Waals surface area contributed by atoms with Gasteiger partial charge >= 0.3 is 6.18 Å². The molecule has 0 aromatic heterocycles. The zero-order chi connectivity index (χ0) is 14.8. The average molecular weight is 306 g/mol. The molecular weight excluding hydrogens is 291 g/mol. The Morgan fingerprint density at radius 2 is 1.85 bits per heavy atom. The highest BCUT2D eigenvalue weighted by molar-refractivity contribution is 6.29. The molecule has 0 bridgehead atoms. The van der Waals surface area contributed by atoms with Gasteiger partial charge in [0.2, 0.25) is 5.91 Å². The van der Waals surface area contributed by atoms with Gasteiger partial charge in [0.15, 0.2) is 0 Å². The maximum absolute atomic E-state index is 12.5. The molecule has 0 atom stereocenters. The third-order valence-electron chi connectivity index (χ3n) is 3.59. The first kappa shape index (κ1) is 15.2. The van der Waals surface area contributed by atoms with Gasteiger partial charge in [0.05, 0.1) is 5.56 Å². The quantitative estimate of drug-likeness (QED) is 0.768. The maximum Gasteiger partial charge on any atom is 0.416 e. The van der Waals surface area contributed by atoms with E-state index in [1.54, 1.807) is 0 Å². The van der Waals surface area contributed by atoms with Crippen LogP contribution in [0.25, 0.3) is 0 Å². The number of anilines is 1. The van der Waals surface area contributed by atoms with E-state index in [4.69, 9.17) is 11.6 Å². The van der Waals surface area contributed by atoms with Crippen LogP contribution in [0.1, 0.15) is 24.8 Å². The molecule has 0 unspecified atom stereocenters.